The van der Waals surface area contributed by atoms with E-state index < -0.39 is 20.0 Å². The van der Waals surface area contributed by atoms with E-state index in [1.54, 1.807) is 0 Å². The summed E-state index contributed by atoms with van der Waals surface area (Å²) in [5.74, 6) is 0. The molecule has 0 unspecified atom stereocenters. The summed E-state index contributed by atoms with van der Waals surface area (Å²) in [6.07, 6.45) is -0.613. The molecule has 5 nitrogen and oxygen atoms in total. The first-order valence-electron chi connectivity index (χ1n) is 7.13. The molecular formula is C14H32N2O3Si. The molecule has 0 bridgehead atoms. The molecule has 20 heavy (non-hydrogen) atoms. The van der Waals surface area contributed by atoms with Crippen LogP contribution in [0.15, 0.2) is 0 Å². The molecule has 120 valence electrons. The zero-order chi connectivity index (χ0) is 16.2. The number of carbonyl (C=O) groups excluding carboxylic acids is 1. The first-order valence-corrected chi connectivity index (χ1v) is 10.0. The van der Waals surface area contributed by atoms with Gasteiger partial charge in [0.15, 0.2) is 8.32 Å². The minimum atomic E-state index is -1.88. The Hall–Kier alpha value is -0.593. The monoisotopic (exact) mass is 304 g/mol. The molecular weight excluding hydrogens is 272 g/mol. The van der Waals surface area contributed by atoms with E-state index in [0.29, 0.717) is 13.1 Å². The molecule has 0 radical (unpaired) electrons. The number of ether oxygens (including phenoxy) is 1. The zero-order valence-electron chi connectivity index (χ0n) is 14.3. The van der Waals surface area contributed by atoms with Gasteiger partial charge in [-0.15, -0.1) is 0 Å². The van der Waals surface area contributed by atoms with Gasteiger partial charge in [0.05, 0.1) is 6.10 Å². The number of hydrogen-bond acceptors (Lipinski definition) is 4. The number of nitrogens with two attached hydrogens (primary N) is 1. The van der Waals surface area contributed by atoms with Crippen molar-refractivity contribution in [2.75, 3.05) is 13.1 Å². The molecule has 0 aromatic heterocycles. The van der Waals surface area contributed by atoms with Gasteiger partial charge in [0.25, 0.3) is 0 Å². The van der Waals surface area contributed by atoms with Crippen molar-refractivity contribution < 1.29 is 14.0 Å². The van der Waals surface area contributed by atoms with E-state index in [9.17, 15) is 4.79 Å². The summed E-state index contributed by atoms with van der Waals surface area (Å²) in [6, 6.07) is 0. The van der Waals surface area contributed by atoms with Crippen molar-refractivity contribution in [1.82, 2.24) is 5.32 Å². The third-order valence-corrected chi connectivity index (χ3v) is 7.94. The van der Waals surface area contributed by atoms with Crippen molar-refractivity contribution in [1.29, 1.82) is 0 Å². The van der Waals surface area contributed by atoms with Crippen molar-refractivity contribution in [2.24, 2.45) is 5.73 Å². The molecule has 0 rings (SSSR count). The van der Waals surface area contributed by atoms with E-state index in [4.69, 9.17) is 14.9 Å². The molecule has 0 aromatic rings. The van der Waals surface area contributed by atoms with Gasteiger partial charge in [-0.05, 0) is 38.9 Å². The highest BCUT2D eigenvalue weighted by molar-refractivity contribution is 6.74. The van der Waals surface area contributed by atoms with Crippen LogP contribution < -0.4 is 11.1 Å². The third-order valence-electron chi connectivity index (χ3n) is 3.40. The van der Waals surface area contributed by atoms with Crippen LogP contribution in [0, 0.1) is 0 Å². The summed E-state index contributed by atoms with van der Waals surface area (Å²) >= 11 is 0. The Balaban J connectivity index is 4.41. The molecule has 0 aliphatic rings. The number of carbonyl (C=O) groups is 1. The Morgan fingerprint density at radius 3 is 2.05 bits per heavy atom. The van der Waals surface area contributed by atoms with Crippen molar-refractivity contribution in [3.8, 4) is 0 Å². The Morgan fingerprint density at radius 2 is 1.70 bits per heavy atom. The SMILES string of the molecule is CC(C)(C)OC(=O)NC[C@H](CN)O[Si](C)(C)C(C)(C)C. The van der Waals surface area contributed by atoms with Gasteiger partial charge in [-0.25, -0.2) is 4.79 Å². The first-order chi connectivity index (χ1) is 8.78. The number of hydrogen-bond donors (Lipinski definition) is 2. The molecule has 0 saturated carbocycles. The largest absolute Gasteiger partial charge is 0.444 e. The van der Waals surface area contributed by atoms with Crippen molar-refractivity contribution >= 4 is 14.4 Å². The lowest BCUT2D eigenvalue weighted by Crippen LogP contribution is -2.49. The van der Waals surface area contributed by atoms with Crippen LogP contribution in [0.4, 0.5) is 4.79 Å². The van der Waals surface area contributed by atoms with E-state index in [-0.39, 0.29) is 11.1 Å². The standard InChI is InChI=1S/C14H32N2O3Si/c1-13(2,3)18-12(17)16-10-11(9-15)19-20(7,8)14(4,5)6/h11H,9-10,15H2,1-8H3,(H,16,17)/t11-/m0/s1. The van der Waals surface area contributed by atoms with Crippen LogP contribution in [0.3, 0.4) is 0 Å². The molecule has 0 heterocycles. The number of nitrogens with one attached hydrogen (secondary N) is 1. The maximum absolute atomic E-state index is 11.6. The summed E-state index contributed by atoms with van der Waals surface area (Å²) < 4.78 is 11.4. The zero-order valence-corrected chi connectivity index (χ0v) is 15.3. The third kappa shape index (κ3) is 7.26. The van der Waals surface area contributed by atoms with Crippen molar-refractivity contribution in [2.45, 2.75) is 71.4 Å². The fourth-order valence-corrected chi connectivity index (χ4v) is 2.64. The quantitative estimate of drug-likeness (QED) is 0.766. The molecule has 0 fully saturated rings. The second-order valence-corrected chi connectivity index (χ2v) is 12.4. The smallest absolute Gasteiger partial charge is 0.407 e. The molecule has 1 atom stereocenters. The van der Waals surface area contributed by atoms with Crippen LogP contribution in [0.5, 0.6) is 0 Å². The summed E-state index contributed by atoms with van der Waals surface area (Å²) in [6.45, 7) is 17.1. The van der Waals surface area contributed by atoms with Gasteiger partial charge in [0.1, 0.15) is 5.60 Å². The predicted molar refractivity (Wildman–Crippen MR) is 85.4 cm³/mol. The van der Waals surface area contributed by atoms with E-state index >= 15 is 0 Å². The second-order valence-electron chi connectivity index (χ2n) is 7.62. The molecule has 1 amide bonds. The normalized spacial score (nSPS) is 14.8. The van der Waals surface area contributed by atoms with Crippen LogP contribution in [0.25, 0.3) is 0 Å². The van der Waals surface area contributed by atoms with Crippen LogP contribution >= 0.6 is 0 Å². The van der Waals surface area contributed by atoms with Crippen LogP contribution in [-0.4, -0.2) is 39.2 Å². The van der Waals surface area contributed by atoms with Gasteiger partial charge in [-0.3, -0.25) is 0 Å². The lowest BCUT2D eigenvalue weighted by atomic mass is 10.2. The maximum Gasteiger partial charge on any atom is 0.407 e. The first kappa shape index (κ1) is 19.4. The van der Waals surface area contributed by atoms with Crippen LogP contribution in [-0.2, 0) is 9.16 Å². The van der Waals surface area contributed by atoms with Gasteiger partial charge in [-0.1, -0.05) is 20.8 Å². The minimum absolute atomic E-state index is 0.117. The average Bonchev–Trinajstić information content (AvgIpc) is 2.19. The van der Waals surface area contributed by atoms with E-state index in [1.165, 1.54) is 0 Å². The molecule has 0 aliphatic carbocycles. The van der Waals surface area contributed by atoms with Crippen LogP contribution in [0.1, 0.15) is 41.5 Å². The van der Waals surface area contributed by atoms with Gasteiger partial charge in [-0.2, -0.15) is 0 Å². The maximum atomic E-state index is 11.6. The van der Waals surface area contributed by atoms with Gasteiger partial charge >= 0.3 is 6.09 Å². The topological polar surface area (TPSA) is 73.6 Å². The van der Waals surface area contributed by atoms with Crippen molar-refractivity contribution in [3.05, 3.63) is 0 Å². The number of rotatable bonds is 5. The number of alkyl carbamates (subject to hydrolysis) is 1. The Bertz CT molecular complexity index is 319. The Labute approximate surface area is 124 Å². The highest BCUT2D eigenvalue weighted by Crippen LogP contribution is 2.37. The predicted octanol–water partition coefficient (Wildman–Crippen LogP) is 2.86. The molecule has 0 saturated heterocycles. The van der Waals surface area contributed by atoms with Gasteiger partial charge in [0, 0.05) is 13.1 Å². The van der Waals surface area contributed by atoms with E-state index in [0.717, 1.165) is 0 Å². The Morgan fingerprint density at radius 1 is 1.20 bits per heavy atom. The molecule has 0 aromatic carbocycles. The fraction of sp³-hybridized carbons (Fsp3) is 0.929. The molecule has 6 heteroatoms. The fourth-order valence-electron chi connectivity index (χ4n) is 1.28. The summed E-state index contributed by atoms with van der Waals surface area (Å²) in [5, 5.41) is 2.84. The second kappa shape index (κ2) is 6.91. The van der Waals surface area contributed by atoms with E-state index in [2.05, 4.69) is 39.2 Å². The number of amides is 1. The molecule has 0 aliphatic heterocycles. The summed E-state index contributed by atoms with van der Waals surface area (Å²) in [4.78, 5) is 11.6. The van der Waals surface area contributed by atoms with Crippen LogP contribution in [0.2, 0.25) is 18.1 Å². The lowest BCUT2D eigenvalue weighted by molar-refractivity contribution is 0.0499. The molecule has 3 N–H and O–H groups in total. The van der Waals surface area contributed by atoms with Crippen molar-refractivity contribution in [3.63, 3.8) is 0 Å². The highest BCUT2D eigenvalue weighted by atomic mass is 28.4. The average molecular weight is 305 g/mol. The lowest BCUT2D eigenvalue weighted by Gasteiger charge is -2.39. The van der Waals surface area contributed by atoms with Gasteiger partial charge in [0.2, 0.25) is 0 Å². The minimum Gasteiger partial charge on any atom is -0.444 e. The summed E-state index contributed by atoms with van der Waals surface area (Å²) in [5.41, 5.74) is 5.24. The summed E-state index contributed by atoms with van der Waals surface area (Å²) in [7, 11) is -1.88. The Kier molecular flexibility index (Phi) is 6.71. The molecule has 0 spiro atoms. The van der Waals surface area contributed by atoms with E-state index in [1.807, 2.05) is 20.8 Å². The van der Waals surface area contributed by atoms with Gasteiger partial charge < -0.3 is 20.2 Å². The highest BCUT2D eigenvalue weighted by Gasteiger charge is 2.39.